The van der Waals surface area contributed by atoms with Gasteiger partial charge in [0.15, 0.2) is 22.2 Å². The number of thioether (sulfide) groups is 1. The van der Waals surface area contributed by atoms with Crippen LogP contribution in [0.1, 0.15) is 62.7 Å². The highest BCUT2D eigenvalue weighted by Crippen LogP contribution is 2.35. The van der Waals surface area contributed by atoms with Crippen molar-refractivity contribution in [3.63, 3.8) is 0 Å². The van der Waals surface area contributed by atoms with Crippen LogP contribution in [0.15, 0.2) is 40.9 Å². The van der Waals surface area contributed by atoms with E-state index in [1.165, 1.54) is 49.5 Å². The number of nitrogens with zero attached hydrogens (tertiary/aromatic N) is 4. The maximum absolute atomic E-state index is 12.6. The van der Waals surface area contributed by atoms with E-state index in [2.05, 4.69) is 29.8 Å². The van der Waals surface area contributed by atoms with Gasteiger partial charge in [-0.2, -0.15) is 0 Å². The molecule has 1 fully saturated rings. The Kier molecular flexibility index (Phi) is 8.75. The van der Waals surface area contributed by atoms with Crippen LogP contribution in [0.25, 0.3) is 0 Å². The molecule has 186 valence electrons. The molecule has 1 aliphatic carbocycles. The van der Waals surface area contributed by atoms with Gasteiger partial charge in [0.2, 0.25) is 5.91 Å². The zero-order valence-corrected chi connectivity index (χ0v) is 21.4. The Hall–Kier alpha value is -2.92. The summed E-state index contributed by atoms with van der Waals surface area (Å²) in [6, 6.07) is 9.97. The lowest BCUT2D eigenvalue weighted by atomic mass is 9.95. The molecule has 1 atom stereocenters. The second kappa shape index (κ2) is 12.2. The minimum absolute atomic E-state index is 0.0775. The molecule has 0 spiro atoms. The second-order valence-electron chi connectivity index (χ2n) is 8.31. The molecule has 2 aromatic heterocycles. The SMILES string of the molecule is COC(=O)Cc1csc(NC(=O)CSc2nnc(C(C)Oc3ccccc3)n2C2CCCCC2)n1. The molecule has 1 aromatic carbocycles. The van der Waals surface area contributed by atoms with E-state index >= 15 is 0 Å². The smallest absolute Gasteiger partial charge is 0.311 e. The van der Waals surface area contributed by atoms with Crippen LogP contribution in [-0.4, -0.2) is 44.5 Å². The molecule has 0 aliphatic heterocycles. The molecule has 0 bridgehead atoms. The summed E-state index contributed by atoms with van der Waals surface area (Å²) in [5.74, 6) is 1.16. The molecule has 1 N–H and O–H groups in total. The van der Waals surface area contributed by atoms with Gasteiger partial charge in [-0.3, -0.25) is 14.2 Å². The fourth-order valence-electron chi connectivity index (χ4n) is 4.05. The second-order valence-corrected chi connectivity index (χ2v) is 10.1. The van der Waals surface area contributed by atoms with Gasteiger partial charge >= 0.3 is 5.97 Å². The number of hydrogen-bond donors (Lipinski definition) is 1. The molecular weight excluding hydrogens is 486 g/mol. The number of carbonyl (C=O) groups excluding carboxylic acids is 2. The zero-order valence-electron chi connectivity index (χ0n) is 19.8. The molecule has 3 aromatic rings. The molecule has 0 radical (unpaired) electrons. The molecule has 4 rings (SSSR count). The number of anilines is 1. The summed E-state index contributed by atoms with van der Waals surface area (Å²) in [5, 5.41) is 14.6. The third-order valence-corrected chi connectivity index (χ3v) is 7.48. The van der Waals surface area contributed by atoms with Crippen molar-refractivity contribution in [1.29, 1.82) is 0 Å². The van der Waals surface area contributed by atoms with Gasteiger partial charge in [-0.15, -0.1) is 21.5 Å². The summed E-state index contributed by atoms with van der Waals surface area (Å²) in [5.41, 5.74) is 0.568. The van der Waals surface area contributed by atoms with Crippen molar-refractivity contribution in [2.45, 2.75) is 62.8 Å². The average Bonchev–Trinajstić information content (AvgIpc) is 3.50. The van der Waals surface area contributed by atoms with Crippen LogP contribution in [-0.2, 0) is 20.7 Å². The Labute approximate surface area is 212 Å². The average molecular weight is 516 g/mol. The number of nitrogens with one attached hydrogen (secondary N) is 1. The van der Waals surface area contributed by atoms with Crippen molar-refractivity contribution < 1.29 is 19.1 Å². The minimum Gasteiger partial charge on any atom is -0.483 e. The summed E-state index contributed by atoms with van der Waals surface area (Å²) in [7, 11) is 1.33. The summed E-state index contributed by atoms with van der Waals surface area (Å²) in [6.45, 7) is 1.98. The topological polar surface area (TPSA) is 108 Å². The van der Waals surface area contributed by atoms with Gasteiger partial charge in [0.1, 0.15) is 5.75 Å². The Morgan fingerprint density at radius 1 is 1.20 bits per heavy atom. The summed E-state index contributed by atoms with van der Waals surface area (Å²) >= 11 is 2.64. The number of methoxy groups -OCH3 is 1. The van der Waals surface area contributed by atoms with Crippen molar-refractivity contribution in [3.05, 3.63) is 47.2 Å². The van der Waals surface area contributed by atoms with E-state index in [0.29, 0.717) is 16.9 Å². The molecule has 2 heterocycles. The number of carbonyl (C=O) groups is 2. The number of benzene rings is 1. The maximum Gasteiger partial charge on any atom is 0.311 e. The van der Waals surface area contributed by atoms with Crippen molar-refractivity contribution in [2.24, 2.45) is 0 Å². The molecule has 1 unspecified atom stereocenters. The Bertz CT molecular complexity index is 1130. The number of ether oxygens (including phenoxy) is 2. The van der Waals surface area contributed by atoms with E-state index in [1.807, 2.05) is 37.3 Å². The summed E-state index contributed by atoms with van der Waals surface area (Å²) < 4.78 is 13.0. The lowest BCUT2D eigenvalue weighted by Crippen LogP contribution is -2.20. The van der Waals surface area contributed by atoms with Gasteiger partial charge in [0.05, 0.1) is 25.0 Å². The Balaban J connectivity index is 1.43. The normalized spacial score (nSPS) is 14.9. The molecular formula is C24H29N5O4S2. The van der Waals surface area contributed by atoms with Crippen molar-refractivity contribution >= 4 is 40.1 Å². The highest BCUT2D eigenvalue weighted by Gasteiger charge is 2.27. The van der Waals surface area contributed by atoms with E-state index in [-0.39, 0.29) is 30.2 Å². The third-order valence-electron chi connectivity index (χ3n) is 5.73. The highest BCUT2D eigenvalue weighted by atomic mass is 32.2. The number of rotatable bonds is 10. The van der Waals surface area contributed by atoms with E-state index in [4.69, 9.17) is 4.74 Å². The van der Waals surface area contributed by atoms with Gasteiger partial charge in [-0.05, 0) is 31.9 Å². The van der Waals surface area contributed by atoms with E-state index < -0.39 is 0 Å². The largest absolute Gasteiger partial charge is 0.483 e. The fourth-order valence-corrected chi connectivity index (χ4v) is 5.59. The van der Waals surface area contributed by atoms with Crippen molar-refractivity contribution in [3.8, 4) is 5.75 Å². The number of esters is 1. The molecule has 9 nitrogen and oxygen atoms in total. The van der Waals surface area contributed by atoms with Gasteiger partial charge in [0.25, 0.3) is 0 Å². The third kappa shape index (κ3) is 6.82. The molecule has 11 heteroatoms. The molecule has 1 saturated carbocycles. The minimum atomic E-state index is -0.368. The van der Waals surface area contributed by atoms with Crippen molar-refractivity contribution in [2.75, 3.05) is 18.2 Å². The van der Waals surface area contributed by atoms with Crippen LogP contribution in [0.3, 0.4) is 0 Å². The van der Waals surface area contributed by atoms with Gasteiger partial charge in [-0.25, -0.2) is 4.98 Å². The van der Waals surface area contributed by atoms with E-state index in [9.17, 15) is 9.59 Å². The van der Waals surface area contributed by atoms with Crippen LogP contribution >= 0.6 is 23.1 Å². The predicted octanol–water partition coefficient (Wildman–Crippen LogP) is 4.83. The first-order valence-corrected chi connectivity index (χ1v) is 13.5. The highest BCUT2D eigenvalue weighted by molar-refractivity contribution is 7.99. The van der Waals surface area contributed by atoms with Crippen LogP contribution in [0, 0.1) is 0 Å². The van der Waals surface area contributed by atoms with Crippen LogP contribution in [0.4, 0.5) is 5.13 Å². The van der Waals surface area contributed by atoms with Gasteiger partial charge in [-0.1, -0.05) is 49.2 Å². The first kappa shape index (κ1) is 25.2. The molecule has 1 aliphatic rings. The molecule has 0 saturated heterocycles. The monoisotopic (exact) mass is 515 g/mol. The number of para-hydroxylation sites is 1. The fraction of sp³-hybridized carbons (Fsp3) is 0.458. The number of thiazole rings is 1. The van der Waals surface area contributed by atoms with Crippen LogP contribution < -0.4 is 10.1 Å². The van der Waals surface area contributed by atoms with Crippen molar-refractivity contribution in [1.82, 2.24) is 19.7 Å². The maximum atomic E-state index is 12.6. The lowest BCUT2D eigenvalue weighted by Gasteiger charge is -2.27. The predicted molar refractivity (Wildman–Crippen MR) is 135 cm³/mol. The first-order chi connectivity index (χ1) is 17.0. The van der Waals surface area contributed by atoms with Crippen LogP contribution in [0.5, 0.6) is 5.75 Å². The number of hydrogen-bond acceptors (Lipinski definition) is 9. The first-order valence-electron chi connectivity index (χ1n) is 11.6. The van der Waals surface area contributed by atoms with Gasteiger partial charge < -0.3 is 14.8 Å². The standard InChI is InChI=1S/C24H29N5O4S2/c1-16(33-19-11-7-4-8-12-19)22-27-28-24(29(22)18-9-5-3-6-10-18)35-15-20(30)26-23-25-17(14-34-23)13-21(31)32-2/h4,7-8,11-12,14,16,18H,3,5-6,9-10,13,15H2,1-2H3,(H,25,26,30). The summed E-state index contributed by atoms with van der Waals surface area (Å²) in [4.78, 5) is 28.3. The Morgan fingerprint density at radius 3 is 2.71 bits per heavy atom. The number of aromatic nitrogens is 4. The van der Waals surface area contributed by atoms with E-state index in [0.717, 1.165) is 29.6 Å². The number of amides is 1. The van der Waals surface area contributed by atoms with Gasteiger partial charge in [0, 0.05) is 11.4 Å². The van der Waals surface area contributed by atoms with E-state index in [1.54, 1.807) is 5.38 Å². The lowest BCUT2D eigenvalue weighted by molar-refractivity contribution is -0.139. The zero-order chi connectivity index (χ0) is 24.6. The Morgan fingerprint density at radius 2 is 1.97 bits per heavy atom. The summed E-state index contributed by atoms with van der Waals surface area (Å²) in [6.07, 6.45) is 5.49. The quantitative estimate of drug-likeness (QED) is 0.302. The molecule has 1 amide bonds. The van der Waals surface area contributed by atoms with Crippen LogP contribution in [0.2, 0.25) is 0 Å². The molecule has 35 heavy (non-hydrogen) atoms.